The van der Waals surface area contributed by atoms with E-state index in [4.69, 9.17) is 15.6 Å². The molecule has 0 aliphatic heterocycles. The molecular formula is C24H23N3O5. The number of aromatic carboxylic acids is 1. The maximum Gasteiger partial charge on any atom is 0.408 e. The van der Waals surface area contributed by atoms with Gasteiger partial charge in [-0.25, -0.2) is 9.59 Å². The van der Waals surface area contributed by atoms with Gasteiger partial charge >= 0.3 is 12.1 Å². The summed E-state index contributed by atoms with van der Waals surface area (Å²) in [6, 6.07) is 19.9. The molecular weight excluding hydrogens is 410 g/mol. The molecule has 8 heteroatoms. The number of amides is 2. The summed E-state index contributed by atoms with van der Waals surface area (Å²) in [6.45, 7) is 1.92. The number of carboxylic acids is 1. The molecule has 2 amide bonds. The van der Waals surface area contributed by atoms with Crippen molar-refractivity contribution in [2.75, 3.05) is 11.1 Å². The van der Waals surface area contributed by atoms with E-state index in [1.807, 2.05) is 0 Å². The van der Waals surface area contributed by atoms with Gasteiger partial charge in [0.25, 0.3) is 5.91 Å². The predicted octanol–water partition coefficient (Wildman–Crippen LogP) is 4.21. The summed E-state index contributed by atoms with van der Waals surface area (Å²) in [5, 5.41) is 14.3. The number of carbonyl (C=O) groups excluding carboxylic acids is 2. The normalized spacial score (nSPS) is 11.3. The van der Waals surface area contributed by atoms with Crippen LogP contribution in [0.2, 0.25) is 0 Å². The van der Waals surface area contributed by atoms with Gasteiger partial charge in [-0.3, -0.25) is 4.79 Å². The molecule has 5 N–H and O–H groups in total. The highest BCUT2D eigenvalue weighted by Crippen LogP contribution is 2.19. The van der Waals surface area contributed by atoms with Crippen molar-refractivity contribution in [1.29, 1.82) is 0 Å². The Morgan fingerprint density at radius 3 is 2.19 bits per heavy atom. The van der Waals surface area contributed by atoms with Gasteiger partial charge in [-0.15, -0.1) is 0 Å². The van der Waals surface area contributed by atoms with Gasteiger partial charge < -0.3 is 26.2 Å². The van der Waals surface area contributed by atoms with Crippen LogP contribution in [0.5, 0.6) is 0 Å². The van der Waals surface area contributed by atoms with E-state index < -0.39 is 18.2 Å². The molecule has 0 bridgehead atoms. The average molecular weight is 433 g/mol. The van der Waals surface area contributed by atoms with Gasteiger partial charge in [0.15, 0.2) is 0 Å². The molecule has 3 rings (SSSR count). The SMILES string of the molecule is C[C@@H](OC(=O)NCc1ccc(C(=O)Nc2ccccc2N)cc1)c1ccc(C(=O)O)cc1. The van der Waals surface area contributed by atoms with Gasteiger partial charge in [-0.2, -0.15) is 0 Å². The number of benzene rings is 3. The molecule has 3 aromatic carbocycles. The van der Waals surface area contributed by atoms with Gasteiger partial charge in [0.05, 0.1) is 16.9 Å². The zero-order chi connectivity index (χ0) is 23.1. The number of rotatable bonds is 7. The lowest BCUT2D eigenvalue weighted by Gasteiger charge is -2.14. The number of anilines is 2. The van der Waals surface area contributed by atoms with Crippen LogP contribution < -0.4 is 16.4 Å². The second-order valence-corrected chi connectivity index (χ2v) is 7.07. The molecule has 0 unspecified atom stereocenters. The van der Waals surface area contributed by atoms with Crippen LogP contribution in [-0.4, -0.2) is 23.1 Å². The minimum atomic E-state index is -1.02. The number of alkyl carbamates (subject to hydrolysis) is 1. The number of nitrogens with one attached hydrogen (secondary N) is 2. The zero-order valence-electron chi connectivity index (χ0n) is 17.4. The fraction of sp³-hybridized carbons (Fsp3) is 0.125. The highest BCUT2D eigenvalue weighted by Gasteiger charge is 2.13. The quantitative estimate of drug-likeness (QED) is 0.413. The van der Waals surface area contributed by atoms with Crippen molar-refractivity contribution in [2.24, 2.45) is 0 Å². The lowest BCUT2D eigenvalue weighted by Crippen LogP contribution is -2.25. The van der Waals surface area contributed by atoms with E-state index >= 15 is 0 Å². The molecule has 3 aromatic rings. The molecule has 0 saturated heterocycles. The number of hydrogen-bond acceptors (Lipinski definition) is 5. The monoisotopic (exact) mass is 433 g/mol. The Morgan fingerprint density at radius 1 is 0.938 bits per heavy atom. The van der Waals surface area contributed by atoms with E-state index in [2.05, 4.69) is 10.6 Å². The Labute approximate surface area is 185 Å². The molecule has 0 spiro atoms. The van der Waals surface area contributed by atoms with E-state index in [9.17, 15) is 14.4 Å². The number of nitrogen functional groups attached to an aromatic ring is 1. The number of hydrogen-bond donors (Lipinski definition) is 4. The van der Waals surface area contributed by atoms with E-state index in [1.54, 1.807) is 67.6 Å². The topological polar surface area (TPSA) is 131 Å². The molecule has 0 saturated carbocycles. The van der Waals surface area contributed by atoms with Crippen molar-refractivity contribution in [1.82, 2.24) is 5.32 Å². The smallest absolute Gasteiger partial charge is 0.408 e. The third kappa shape index (κ3) is 5.85. The molecule has 0 aliphatic rings. The highest BCUT2D eigenvalue weighted by atomic mass is 16.6. The zero-order valence-corrected chi connectivity index (χ0v) is 17.4. The van der Waals surface area contributed by atoms with E-state index in [1.165, 1.54) is 12.1 Å². The van der Waals surface area contributed by atoms with Crippen molar-refractivity contribution >= 4 is 29.3 Å². The Balaban J connectivity index is 1.50. The molecule has 1 atom stereocenters. The van der Waals surface area contributed by atoms with Crippen molar-refractivity contribution in [3.8, 4) is 0 Å². The minimum absolute atomic E-state index is 0.162. The summed E-state index contributed by atoms with van der Waals surface area (Å²) in [6.07, 6.45) is -1.16. The Hall–Kier alpha value is -4.33. The van der Waals surface area contributed by atoms with Crippen LogP contribution in [0.15, 0.2) is 72.8 Å². The molecule has 0 aromatic heterocycles. The van der Waals surface area contributed by atoms with Crippen molar-refractivity contribution in [2.45, 2.75) is 19.6 Å². The van der Waals surface area contributed by atoms with Gasteiger partial charge in [0.2, 0.25) is 0 Å². The Morgan fingerprint density at radius 2 is 1.56 bits per heavy atom. The number of carbonyl (C=O) groups is 3. The first-order valence-corrected chi connectivity index (χ1v) is 9.86. The lowest BCUT2D eigenvalue weighted by atomic mass is 10.1. The molecule has 0 aliphatic carbocycles. The largest absolute Gasteiger partial charge is 0.478 e. The second kappa shape index (κ2) is 10.1. The average Bonchev–Trinajstić information content (AvgIpc) is 2.79. The molecule has 0 heterocycles. The van der Waals surface area contributed by atoms with Crippen molar-refractivity contribution in [3.05, 3.63) is 95.1 Å². The molecule has 0 radical (unpaired) electrons. The molecule has 8 nitrogen and oxygen atoms in total. The molecule has 0 fully saturated rings. The van der Waals surface area contributed by atoms with E-state index in [0.717, 1.165) is 5.56 Å². The van der Waals surface area contributed by atoms with Crippen LogP contribution in [-0.2, 0) is 11.3 Å². The first-order chi connectivity index (χ1) is 15.3. The number of nitrogens with two attached hydrogens (primary N) is 1. The number of para-hydroxylation sites is 2. The third-order valence-electron chi connectivity index (χ3n) is 4.77. The summed E-state index contributed by atoms with van der Waals surface area (Å²) in [7, 11) is 0. The highest BCUT2D eigenvalue weighted by molar-refractivity contribution is 6.05. The minimum Gasteiger partial charge on any atom is -0.478 e. The van der Waals surface area contributed by atoms with Gasteiger partial charge in [-0.05, 0) is 54.4 Å². The standard InChI is InChI=1S/C24H23N3O5/c1-15(17-10-12-19(13-11-17)23(29)30)32-24(31)26-14-16-6-8-18(9-7-16)22(28)27-21-5-3-2-4-20(21)25/h2-13,15H,14,25H2,1H3,(H,26,31)(H,27,28)(H,29,30)/t15-/m1/s1. The third-order valence-corrected chi connectivity index (χ3v) is 4.77. The van der Waals surface area contributed by atoms with Crippen molar-refractivity contribution < 1.29 is 24.2 Å². The van der Waals surface area contributed by atoms with Crippen LogP contribution in [0.25, 0.3) is 0 Å². The van der Waals surface area contributed by atoms with E-state index in [0.29, 0.717) is 22.5 Å². The predicted molar refractivity (Wildman–Crippen MR) is 120 cm³/mol. The summed E-state index contributed by atoms with van der Waals surface area (Å²) in [5.41, 5.74) is 8.94. The Kier molecular flexibility index (Phi) is 7.07. The number of carboxylic acid groups (broad SMARTS) is 1. The van der Waals surface area contributed by atoms with Crippen LogP contribution in [0.1, 0.15) is 44.9 Å². The van der Waals surface area contributed by atoms with Crippen molar-refractivity contribution in [3.63, 3.8) is 0 Å². The van der Waals surface area contributed by atoms with Crippen LogP contribution in [0.4, 0.5) is 16.2 Å². The second-order valence-electron chi connectivity index (χ2n) is 7.07. The summed E-state index contributed by atoms with van der Waals surface area (Å²) in [4.78, 5) is 35.4. The van der Waals surface area contributed by atoms with Crippen LogP contribution in [0.3, 0.4) is 0 Å². The fourth-order valence-corrected chi connectivity index (χ4v) is 2.92. The molecule has 32 heavy (non-hydrogen) atoms. The lowest BCUT2D eigenvalue weighted by molar-refractivity contribution is 0.0695. The Bertz CT molecular complexity index is 1110. The van der Waals surface area contributed by atoms with Gasteiger partial charge in [0, 0.05) is 12.1 Å². The van der Waals surface area contributed by atoms with Crippen LogP contribution >= 0.6 is 0 Å². The summed E-state index contributed by atoms with van der Waals surface area (Å²) >= 11 is 0. The van der Waals surface area contributed by atoms with Gasteiger partial charge in [-0.1, -0.05) is 36.4 Å². The fourth-order valence-electron chi connectivity index (χ4n) is 2.92. The van der Waals surface area contributed by atoms with Crippen LogP contribution in [0, 0.1) is 0 Å². The maximum atomic E-state index is 12.4. The van der Waals surface area contributed by atoms with E-state index in [-0.39, 0.29) is 18.0 Å². The first kappa shape index (κ1) is 22.4. The molecule has 164 valence electrons. The first-order valence-electron chi connectivity index (χ1n) is 9.86. The summed E-state index contributed by atoms with van der Waals surface area (Å²) < 4.78 is 5.32. The number of ether oxygens (including phenoxy) is 1. The summed E-state index contributed by atoms with van der Waals surface area (Å²) in [5.74, 6) is -1.31. The maximum absolute atomic E-state index is 12.4. The van der Waals surface area contributed by atoms with Gasteiger partial charge in [0.1, 0.15) is 6.10 Å².